The van der Waals surface area contributed by atoms with Crippen LogP contribution in [0, 0.1) is 11.8 Å². The summed E-state index contributed by atoms with van der Waals surface area (Å²) in [5, 5.41) is 4.01. The number of ketones is 1. The van der Waals surface area contributed by atoms with Crippen LogP contribution in [0.3, 0.4) is 0 Å². The number of rotatable bonds is 6. The zero-order chi connectivity index (χ0) is 23.3. The number of hydrogen-bond donors (Lipinski definition) is 1. The minimum atomic E-state index is -0.458. The lowest BCUT2D eigenvalue weighted by molar-refractivity contribution is 0.0485. The van der Waals surface area contributed by atoms with Crippen LogP contribution < -0.4 is 5.32 Å². The highest BCUT2D eigenvalue weighted by atomic mass is 35.5. The van der Waals surface area contributed by atoms with Gasteiger partial charge < -0.3 is 15.0 Å². The van der Waals surface area contributed by atoms with Gasteiger partial charge in [0.2, 0.25) is 0 Å². The predicted molar refractivity (Wildman–Crippen MR) is 130 cm³/mol. The number of nitrogens with one attached hydrogen (secondary N) is 1. The summed E-state index contributed by atoms with van der Waals surface area (Å²) >= 11 is 12.2. The van der Waals surface area contributed by atoms with E-state index in [1.165, 1.54) is 6.42 Å². The molecule has 1 N–H and O–H groups in total. The van der Waals surface area contributed by atoms with Gasteiger partial charge in [0.05, 0.1) is 5.02 Å². The normalized spacial score (nSPS) is 23.0. The summed E-state index contributed by atoms with van der Waals surface area (Å²) in [6, 6.07) is 5.34. The van der Waals surface area contributed by atoms with Gasteiger partial charge in [0.25, 0.3) is 0 Å². The molecule has 1 aromatic rings. The average molecular weight is 483 g/mol. The lowest BCUT2D eigenvalue weighted by Crippen LogP contribution is -2.41. The number of alkyl carbamates (subject to hydrolysis) is 1. The van der Waals surface area contributed by atoms with Crippen molar-refractivity contribution >= 4 is 35.1 Å². The second-order valence-electron chi connectivity index (χ2n) is 10.3. The molecule has 0 aromatic heterocycles. The molecule has 1 saturated carbocycles. The lowest BCUT2D eigenvalue weighted by Gasteiger charge is -2.34. The number of halogens is 2. The molecule has 0 bridgehead atoms. The molecule has 3 rings (SSSR count). The van der Waals surface area contributed by atoms with Gasteiger partial charge in [-0.3, -0.25) is 4.79 Å². The van der Waals surface area contributed by atoms with Gasteiger partial charge in [0, 0.05) is 22.5 Å². The molecule has 1 aliphatic heterocycles. The van der Waals surface area contributed by atoms with Crippen molar-refractivity contribution in [2.24, 2.45) is 11.8 Å². The Labute approximate surface area is 202 Å². The maximum Gasteiger partial charge on any atom is 0.407 e. The molecule has 178 valence electrons. The van der Waals surface area contributed by atoms with E-state index in [0.717, 1.165) is 58.2 Å². The first-order valence-corrected chi connectivity index (χ1v) is 12.6. The molecule has 1 saturated heterocycles. The molecule has 1 aromatic carbocycles. The average Bonchev–Trinajstić information content (AvgIpc) is 2.72. The number of nitrogens with zero attached hydrogens (tertiary/aromatic N) is 1. The number of hydrogen-bond acceptors (Lipinski definition) is 4. The molecule has 0 atom stereocenters. The number of likely N-dealkylation sites (tertiary alicyclic amines) is 1. The summed E-state index contributed by atoms with van der Waals surface area (Å²) < 4.78 is 5.37. The van der Waals surface area contributed by atoms with E-state index in [0.29, 0.717) is 21.5 Å². The van der Waals surface area contributed by atoms with Gasteiger partial charge in [0.15, 0.2) is 5.78 Å². The Balaban J connectivity index is 1.34. The summed E-state index contributed by atoms with van der Waals surface area (Å²) in [6.07, 6.45) is 6.95. The first-order valence-electron chi connectivity index (χ1n) is 11.8. The first kappa shape index (κ1) is 25.3. The van der Waals surface area contributed by atoms with Gasteiger partial charge in [-0.15, -0.1) is 0 Å². The number of ether oxygens (including phenoxy) is 1. The van der Waals surface area contributed by atoms with Crippen molar-refractivity contribution in [3.63, 3.8) is 0 Å². The summed E-state index contributed by atoms with van der Waals surface area (Å²) in [7, 11) is 0. The van der Waals surface area contributed by atoms with Gasteiger partial charge >= 0.3 is 6.09 Å². The molecule has 0 spiro atoms. The van der Waals surface area contributed by atoms with Gasteiger partial charge in [-0.05, 0) is 109 Å². The number of carbonyl (C=O) groups is 2. The van der Waals surface area contributed by atoms with Gasteiger partial charge in [-0.1, -0.05) is 23.2 Å². The van der Waals surface area contributed by atoms with E-state index in [-0.39, 0.29) is 23.8 Å². The van der Waals surface area contributed by atoms with Crippen molar-refractivity contribution in [1.29, 1.82) is 0 Å². The number of benzene rings is 1. The number of piperidine rings is 1. The predicted octanol–water partition coefficient (Wildman–Crippen LogP) is 6.36. The van der Waals surface area contributed by atoms with Crippen molar-refractivity contribution in [3.8, 4) is 0 Å². The molecule has 32 heavy (non-hydrogen) atoms. The molecule has 2 aliphatic rings. The standard InChI is InChI=1S/C25H36Cl2N2O3/c1-25(2,3)32-24(31)28-20-7-4-17(5-8-20)10-13-29-14-11-18(12-15-29)23(30)21-9-6-19(26)16-22(21)27/h6,9,16-18,20H,4-5,7-8,10-15H2,1-3H3,(H,28,31)/t17-,20-. The van der Waals surface area contributed by atoms with Crippen LogP contribution in [0.15, 0.2) is 18.2 Å². The van der Waals surface area contributed by atoms with Gasteiger partial charge in [-0.25, -0.2) is 4.79 Å². The highest BCUT2D eigenvalue weighted by Crippen LogP contribution is 2.30. The van der Waals surface area contributed by atoms with E-state index in [4.69, 9.17) is 27.9 Å². The Morgan fingerprint density at radius 1 is 1.06 bits per heavy atom. The third-order valence-electron chi connectivity index (χ3n) is 6.58. The van der Waals surface area contributed by atoms with E-state index >= 15 is 0 Å². The van der Waals surface area contributed by atoms with Crippen molar-refractivity contribution in [3.05, 3.63) is 33.8 Å². The van der Waals surface area contributed by atoms with E-state index < -0.39 is 5.60 Å². The second kappa shape index (κ2) is 11.2. The van der Waals surface area contributed by atoms with E-state index in [9.17, 15) is 9.59 Å². The fourth-order valence-corrected chi connectivity index (χ4v) is 5.26. The third-order valence-corrected chi connectivity index (χ3v) is 7.12. The number of carbonyl (C=O) groups excluding carboxylic acids is 2. The van der Waals surface area contributed by atoms with Crippen LogP contribution in [0.1, 0.15) is 76.1 Å². The number of amides is 1. The Bertz CT molecular complexity index is 793. The summed E-state index contributed by atoms with van der Waals surface area (Å²) in [6.45, 7) is 8.64. The van der Waals surface area contributed by atoms with Crippen LogP contribution >= 0.6 is 23.2 Å². The smallest absolute Gasteiger partial charge is 0.407 e. The maximum absolute atomic E-state index is 12.8. The minimum Gasteiger partial charge on any atom is -0.444 e. The molecule has 7 heteroatoms. The first-order chi connectivity index (χ1) is 15.1. The van der Waals surface area contributed by atoms with Crippen LogP contribution in [0.25, 0.3) is 0 Å². The monoisotopic (exact) mass is 482 g/mol. The van der Waals surface area contributed by atoms with Crippen molar-refractivity contribution < 1.29 is 14.3 Å². The second-order valence-corrected chi connectivity index (χ2v) is 11.1. The summed E-state index contributed by atoms with van der Waals surface area (Å²) in [5.41, 5.74) is 0.131. The van der Waals surface area contributed by atoms with Gasteiger partial charge in [-0.2, -0.15) is 0 Å². The quantitative estimate of drug-likeness (QED) is 0.479. The fourth-order valence-electron chi connectivity index (χ4n) is 4.76. The minimum absolute atomic E-state index is 0.0410. The van der Waals surface area contributed by atoms with E-state index in [1.54, 1.807) is 18.2 Å². The Morgan fingerprint density at radius 3 is 2.31 bits per heavy atom. The van der Waals surface area contributed by atoms with Crippen LogP contribution in [0.5, 0.6) is 0 Å². The Hall–Kier alpha value is -1.30. The van der Waals surface area contributed by atoms with Crippen LogP contribution in [-0.4, -0.2) is 48.1 Å². The molecule has 0 radical (unpaired) electrons. The SMILES string of the molecule is CC(C)(C)OC(=O)N[C@H]1CC[C@H](CCN2CCC(C(=O)c3ccc(Cl)cc3Cl)CC2)CC1. The van der Waals surface area contributed by atoms with Crippen LogP contribution in [-0.2, 0) is 4.74 Å². The van der Waals surface area contributed by atoms with Crippen molar-refractivity contribution in [2.45, 2.75) is 77.4 Å². The molecular formula is C25H36Cl2N2O3. The third kappa shape index (κ3) is 7.64. The van der Waals surface area contributed by atoms with Crippen molar-refractivity contribution in [1.82, 2.24) is 10.2 Å². The zero-order valence-electron chi connectivity index (χ0n) is 19.5. The Morgan fingerprint density at radius 2 is 1.72 bits per heavy atom. The topological polar surface area (TPSA) is 58.6 Å². The van der Waals surface area contributed by atoms with Crippen LogP contribution in [0.4, 0.5) is 4.79 Å². The molecule has 0 unspecified atom stereocenters. The summed E-state index contributed by atoms with van der Waals surface area (Å²) in [4.78, 5) is 27.3. The molecule has 2 fully saturated rings. The number of Topliss-reactive ketones (excluding diaryl/α,β-unsaturated/α-hetero) is 1. The Kier molecular flexibility index (Phi) is 8.88. The lowest BCUT2D eigenvalue weighted by atomic mass is 9.83. The fraction of sp³-hybridized carbons (Fsp3) is 0.680. The van der Waals surface area contributed by atoms with E-state index in [2.05, 4.69) is 10.2 Å². The molecule has 1 heterocycles. The van der Waals surface area contributed by atoms with Gasteiger partial charge in [0.1, 0.15) is 5.60 Å². The highest BCUT2D eigenvalue weighted by molar-refractivity contribution is 6.36. The molecule has 5 nitrogen and oxygen atoms in total. The largest absolute Gasteiger partial charge is 0.444 e. The van der Waals surface area contributed by atoms with E-state index in [1.807, 2.05) is 20.8 Å². The molecule has 1 amide bonds. The van der Waals surface area contributed by atoms with Crippen molar-refractivity contribution in [2.75, 3.05) is 19.6 Å². The summed E-state index contributed by atoms with van der Waals surface area (Å²) in [5.74, 6) is 0.889. The zero-order valence-corrected chi connectivity index (χ0v) is 21.0. The molecule has 1 aliphatic carbocycles. The maximum atomic E-state index is 12.8. The molecular weight excluding hydrogens is 447 g/mol. The highest BCUT2D eigenvalue weighted by Gasteiger charge is 2.28. The van der Waals surface area contributed by atoms with Crippen LogP contribution in [0.2, 0.25) is 10.0 Å².